The summed E-state index contributed by atoms with van der Waals surface area (Å²) < 4.78 is 28.9. The summed E-state index contributed by atoms with van der Waals surface area (Å²) in [6.07, 6.45) is 3.08. The molecule has 1 rings (SSSR count). The van der Waals surface area contributed by atoms with Crippen LogP contribution in [0.5, 0.6) is 5.75 Å². The van der Waals surface area contributed by atoms with Crippen molar-refractivity contribution < 1.29 is 13.5 Å². The summed E-state index contributed by atoms with van der Waals surface area (Å²) >= 11 is 7.62. The Labute approximate surface area is 115 Å². The Kier molecular flexibility index (Phi) is 7.39. The van der Waals surface area contributed by atoms with Gasteiger partial charge in [0.2, 0.25) is 0 Å². The molecule has 6 heteroatoms. The molecule has 0 atom stereocenters. The first-order chi connectivity index (χ1) is 8.63. The molecule has 0 amide bonds. The Hall–Kier alpha value is -0.520. The van der Waals surface area contributed by atoms with E-state index in [9.17, 15) is 8.78 Å². The lowest BCUT2D eigenvalue weighted by molar-refractivity contribution is -0.0504. The van der Waals surface area contributed by atoms with Crippen LogP contribution in [0.1, 0.15) is 12.0 Å². The molecule has 2 nitrogen and oxygen atoms in total. The van der Waals surface area contributed by atoms with E-state index < -0.39 is 6.61 Å². The van der Waals surface area contributed by atoms with Gasteiger partial charge >= 0.3 is 6.61 Å². The van der Waals surface area contributed by atoms with Crippen molar-refractivity contribution in [2.24, 2.45) is 0 Å². The van der Waals surface area contributed by atoms with Crippen molar-refractivity contribution >= 4 is 23.4 Å². The van der Waals surface area contributed by atoms with Crippen LogP contribution in [-0.2, 0) is 6.54 Å². The number of benzene rings is 1. The monoisotopic (exact) mass is 295 g/mol. The lowest BCUT2D eigenvalue weighted by Gasteiger charge is -2.11. The van der Waals surface area contributed by atoms with Crippen LogP contribution in [-0.4, -0.2) is 25.2 Å². The van der Waals surface area contributed by atoms with E-state index in [1.54, 1.807) is 17.8 Å². The van der Waals surface area contributed by atoms with Crippen molar-refractivity contribution in [3.63, 3.8) is 0 Å². The Morgan fingerprint density at radius 1 is 1.44 bits per heavy atom. The third kappa shape index (κ3) is 5.89. The van der Waals surface area contributed by atoms with E-state index in [4.69, 9.17) is 11.6 Å². The second kappa shape index (κ2) is 8.56. The van der Waals surface area contributed by atoms with Gasteiger partial charge in [-0.2, -0.15) is 20.5 Å². The fourth-order valence-corrected chi connectivity index (χ4v) is 2.09. The highest BCUT2D eigenvalue weighted by Gasteiger charge is 2.09. The number of nitrogens with one attached hydrogen (secondary N) is 1. The number of hydrogen-bond acceptors (Lipinski definition) is 3. The number of thioether (sulfide) groups is 1. The normalized spacial score (nSPS) is 10.9. The summed E-state index contributed by atoms with van der Waals surface area (Å²) in [7, 11) is 0. The van der Waals surface area contributed by atoms with Crippen molar-refractivity contribution in [1.29, 1.82) is 0 Å². The molecule has 102 valence electrons. The van der Waals surface area contributed by atoms with Crippen molar-refractivity contribution in [2.75, 3.05) is 18.6 Å². The van der Waals surface area contributed by atoms with Gasteiger partial charge in [0.05, 0.1) is 0 Å². The molecule has 0 aliphatic rings. The van der Waals surface area contributed by atoms with Gasteiger partial charge in [0, 0.05) is 17.1 Å². The van der Waals surface area contributed by atoms with Crippen molar-refractivity contribution in [3.8, 4) is 5.75 Å². The van der Waals surface area contributed by atoms with E-state index in [0.717, 1.165) is 18.7 Å². The lowest BCUT2D eigenvalue weighted by atomic mass is 10.2. The number of hydrogen-bond donors (Lipinski definition) is 1. The lowest BCUT2D eigenvalue weighted by Crippen LogP contribution is -2.16. The summed E-state index contributed by atoms with van der Waals surface area (Å²) in [5, 5.41) is 3.69. The SMILES string of the molecule is CSCCCNCc1cc(Cl)ccc1OC(F)F. The first-order valence-electron chi connectivity index (χ1n) is 5.56. The van der Waals surface area contributed by atoms with E-state index in [2.05, 4.69) is 10.1 Å². The third-order valence-electron chi connectivity index (χ3n) is 2.26. The largest absolute Gasteiger partial charge is 0.434 e. The minimum Gasteiger partial charge on any atom is -0.434 e. The van der Waals surface area contributed by atoms with Gasteiger partial charge in [0.1, 0.15) is 5.75 Å². The van der Waals surface area contributed by atoms with Crippen molar-refractivity contribution in [2.45, 2.75) is 19.6 Å². The first-order valence-corrected chi connectivity index (χ1v) is 7.33. The van der Waals surface area contributed by atoms with Gasteiger partial charge in [0.15, 0.2) is 0 Å². The van der Waals surface area contributed by atoms with Gasteiger partial charge in [-0.05, 0) is 43.2 Å². The molecule has 0 saturated carbocycles. The minimum atomic E-state index is -2.82. The topological polar surface area (TPSA) is 21.3 Å². The zero-order valence-electron chi connectivity index (χ0n) is 10.1. The molecule has 0 aromatic heterocycles. The fraction of sp³-hybridized carbons (Fsp3) is 0.500. The molecule has 1 aromatic rings. The Balaban J connectivity index is 2.53. The maximum atomic E-state index is 12.2. The predicted octanol–water partition coefficient (Wildman–Crippen LogP) is 3.78. The zero-order chi connectivity index (χ0) is 13.4. The standard InChI is InChI=1S/C12H16ClF2NOS/c1-18-6-2-5-16-8-9-7-10(13)3-4-11(9)17-12(14)15/h3-4,7,12,16H,2,5-6,8H2,1H3. The van der Waals surface area contributed by atoms with Crippen LogP contribution in [0, 0.1) is 0 Å². The van der Waals surface area contributed by atoms with Crippen molar-refractivity contribution in [1.82, 2.24) is 5.32 Å². The first kappa shape index (κ1) is 15.5. The van der Waals surface area contributed by atoms with E-state index >= 15 is 0 Å². The molecule has 0 saturated heterocycles. The highest BCUT2D eigenvalue weighted by molar-refractivity contribution is 7.98. The van der Waals surface area contributed by atoms with Gasteiger partial charge in [-0.15, -0.1) is 0 Å². The molecule has 0 heterocycles. The van der Waals surface area contributed by atoms with Crippen LogP contribution in [0.25, 0.3) is 0 Å². The Morgan fingerprint density at radius 2 is 2.22 bits per heavy atom. The van der Waals surface area contributed by atoms with Gasteiger partial charge < -0.3 is 10.1 Å². The quantitative estimate of drug-likeness (QED) is 0.738. The molecule has 0 bridgehead atoms. The molecule has 0 aliphatic heterocycles. The molecule has 1 N–H and O–H groups in total. The van der Waals surface area contributed by atoms with Crippen LogP contribution >= 0.6 is 23.4 Å². The summed E-state index contributed by atoms with van der Waals surface area (Å²) in [5.74, 6) is 1.25. The van der Waals surface area contributed by atoms with Crippen LogP contribution in [0.3, 0.4) is 0 Å². The zero-order valence-corrected chi connectivity index (χ0v) is 11.7. The number of ether oxygens (including phenoxy) is 1. The highest BCUT2D eigenvalue weighted by Crippen LogP contribution is 2.24. The van der Waals surface area contributed by atoms with Crippen LogP contribution in [0.2, 0.25) is 5.02 Å². The number of rotatable bonds is 8. The van der Waals surface area contributed by atoms with Gasteiger partial charge in [0.25, 0.3) is 0 Å². The third-order valence-corrected chi connectivity index (χ3v) is 3.19. The molecular weight excluding hydrogens is 280 g/mol. The maximum Gasteiger partial charge on any atom is 0.387 e. The fourth-order valence-electron chi connectivity index (χ4n) is 1.46. The van der Waals surface area contributed by atoms with E-state index in [1.807, 2.05) is 6.26 Å². The second-order valence-electron chi connectivity index (χ2n) is 3.65. The van der Waals surface area contributed by atoms with E-state index in [0.29, 0.717) is 17.1 Å². The molecule has 18 heavy (non-hydrogen) atoms. The molecular formula is C12H16ClF2NOS. The van der Waals surface area contributed by atoms with Gasteiger partial charge in [-0.25, -0.2) is 0 Å². The average molecular weight is 296 g/mol. The van der Waals surface area contributed by atoms with E-state index in [-0.39, 0.29) is 5.75 Å². The maximum absolute atomic E-state index is 12.2. The van der Waals surface area contributed by atoms with Crippen molar-refractivity contribution in [3.05, 3.63) is 28.8 Å². The summed E-state index contributed by atoms with van der Waals surface area (Å²) in [4.78, 5) is 0. The van der Waals surface area contributed by atoms with Crippen LogP contribution in [0.4, 0.5) is 8.78 Å². The summed E-state index contributed by atoms with van der Waals surface area (Å²) in [5.41, 5.74) is 0.645. The van der Waals surface area contributed by atoms with E-state index in [1.165, 1.54) is 12.1 Å². The smallest absolute Gasteiger partial charge is 0.387 e. The predicted molar refractivity (Wildman–Crippen MR) is 72.8 cm³/mol. The van der Waals surface area contributed by atoms with Crippen LogP contribution in [0.15, 0.2) is 18.2 Å². The minimum absolute atomic E-state index is 0.173. The highest BCUT2D eigenvalue weighted by atomic mass is 35.5. The molecule has 1 aromatic carbocycles. The van der Waals surface area contributed by atoms with Crippen LogP contribution < -0.4 is 10.1 Å². The molecule has 0 aliphatic carbocycles. The van der Waals surface area contributed by atoms with Gasteiger partial charge in [-0.3, -0.25) is 0 Å². The summed E-state index contributed by atoms with van der Waals surface area (Å²) in [6, 6.07) is 4.64. The summed E-state index contributed by atoms with van der Waals surface area (Å²) in [6.45, 7) is -1.51. The number of halogens is 3. The molecule has 0 unspecified atom stereocenters. The second-order valence-corrected chi connectivity index (χ2v) is 5.08. The Morgan fingerprint density at radius 3 is 2.89 bits per heavy atom. The Bertz CT molecular complexity index is 366. The average Bonchev–Trinajstić information content (AvgIpc) is 2.31. The molecule has 0 fully saturated rings. The van der Waals surface area contributed by atoms with Gasteiger partial charge in [-0.1, -0.05) is 11.6 Å². The number of alkyl halides is 2. The molecule has 0 radical (unpaired) electrons. The molecule has 0 spiro atoms.